The Balaban J connectivity index is 2.47. The molecule has 1 aromatic carbocycles. The molecule has 0 bridgehead atoms. The lowest BCUT2D eigenvalue weighted by molar-refractivity contribution is -0.384. The molecule has 6 nitrogen and oxygen atoms in total. The summed E-state index contributed by atoms with van der Waals surface area (Å²) in [5, 5.41) is 16.2. The number of nitrogens with zero attached hydrogens (tertiary/aromatic N) is 2. The van der Waals surface area contributed by atoms with E-state index in [2.05, 4.69) is 31.5 Å². The Morgan fingerprint density at radius 1 is 1.29 bits per heavy atom. The van der Waals surface area contributed by atoms with Crippen LogP contribution >= 0.6 is 15.9 Å². The number of halogens is 3. The van der Waals surface area contributed by atoms with Crippen LogP contribution in [-0.2, 0) is 0 Å². The maximum atomic E-state index is 13.7. The van der Waals surface area contributed by atoms with Crippen molar-refractivity contribution < 1.29 is 13.7 Å². The Morgan fingerprint density at radius 2 is 2.00 bits per heavy atom. The predicted molar refractivity (Wildman–Crippen MR) is 77.8 cm³/mol. The van der Waals surface area contributed by atoms with Crippen molar-refractivity contribution in [2.24, 2.45) is 0 Å². The molecule has 0 amide bonds. The van der Waals surface area contributed by atoms with E-state index in [1.54, 1.807) is 7.05 Å². The van der Waals surface area contributed by atoms with Gasteiger partial charge in [-0.1, -0.05) is 0 Å². The maximum absolute atomic E-state index is 13.7. The van der Waals surface area contributed by atoms with Gasteiger partial charge < -0.3 is 10.6 Å². The predicted octanol–water partition coefficient (Wildman–Crippen LogP) is 3.82. The summed E-state index contributed by atoms with van der Waals surface area (Å²) in [7, 11) is 1.59. The summed E-state index contributed by atoms with van der Waals surface area (Å²) < 4.78 is 26.9. The molecule has 1 heterocycles. The first-order valence-corrected chi connectivity index (χ1v) is 6.46. The van der Waals surface area contributed by atoms with Crippen molar-refractivity contribution in [1.82, 2.24) is 4.98 Å². The zero-order chi connectivity index (χ0) is 15.6. The molecule has 0 saturated carbocycles. The Bertz CT molecular complexity index is 712. The topological polar surface area (TPSA) is 80.1 Å². The van der Waals surface area contributed by atoms with Gasteiger partial charge in [0.2, 0.25) is 5.82 Å². The summed E-state index contributed by atoms with van der Waals surface area (Å²) in [4.78, 5) is 14.3. The molecule has 2 aromatic rings. The normalized spacial score (nSPS) is 10.3. The Hall–Kier alpha value is -2.29. The highest BCUT2D eigenvalue weighted by Crippen LogP contribution is 2.30. The van der Waals surface area contributed by atoms with Gasteiger partial charge in [-0.25, -0.2) is 13.8 Å². The van der Waals surface area contributed by atoms with Crippen molar-refractivity contribution in [2.45, 2.75) is 0 Å². The summed E-state index contributed by atoms with van der Waals surface area (Å²) >= 11 is 2.92. The molecule has 9 heteroatoms. The fraction of sp³-hybridized carbons (Fsp3) is 0.0833. The molecule has 110 valence electrons. The first kappa shape index (κ1) is 15.1. The molecule has 21 heavy (non-hydrogen) atoms. The largest absolute Gasteiger partial charge is 0.373 e. The first-order valence-electron chi connectivity index (χ1n) is 5.67. The molecule has 0 fully saturated rings. The lowest BCUT2D eigenvalue weighted by atomic mass is 10.3. The van der Waals surface area contributed by atoms with Gasteiger partial charge in [0.15, 0.2) is 0 Å². The van der Waals surface area contributed by atoms with Crippen LogP contribution in [0.25, 0.3) is 0 Å². The van der Waals surface area contributed by atoms with E-state index < -0.39 is 16.6 Å². The van der Waals surface area contributed by atoms with Crippen molar-refractivity contribution in [2.75, 3.05) is 17.7 Å². The Morgan fingerprint density at radius 3 is 2.62 bits per heavy atom. The fourth-order valence-electron chi connectivity index (χ4n) is 1.58. The Labute approximate surface area is 126 Å². The van der Waals surface area contributed by atoms with Crippen molar-refractivity contribution in [3.8, 4) is 0 Å². The number of hydrogen-bond acceptors (Lipinski definition) is 5. The zero-order valence-electron chi connectivity index (χ0n) is 10.7. The number of anilines is 3. The van der Waals surface area contributed by atoms with E-state index in [0.29, 0.717) is 11.9 Å². The fourth-order valence-corrected chi connectivity index (χ4v) is 1.92. The molecular weight excluding hydrogens is 350 g/mol. The second-order valence-electron chi connectivity index (χ2n) is 3.94. The average Bonchev–Trinajstić information content (AvgIpc) is 2.44. The van der Waals surface area contributed by atoms with Gasteiger partial charge in [0.1, 0.15) is 17.5 Å². The summed E-state index contributed by atoms with van der Waals surface area (Å²) in [5.41, 5.74) is -0.457. The average molecular weight is 359 g/mol. The smallest absolute Gasteiger partial charge is 0.311 e. The maximum Gasteiger partial charge on any atom is 0.311 e. The third-order valence-corrected chi connectivity index (χ3v) is 3.20. The molecule has 0 aliphatic carbocycles. The number of benzene rings is 1. The molecule has 0 spiro atoms. The van der Waals surface area contributed by atoms with Gasteiger partial charge in [-0.15, -0.1) is 0 Å². The minimum Gasteiger partial charge on any atom is -0.373 e. The summed E-state index contributed by atoms with van der Waals surface area (Å²) in [6, 6.07) is 4.46. The van der Waals surface area contributed by atoms with Gasteiger partial charge >= 0.3 is 5.69 Å². The van der Waals surface area contributed by atoms with E-state index in [-0.39, 0.29) is 21.7 Å². The van der Waals surface area contributed by atoms with Crippen molar-refractivity contribution in [3.05, 3.63) is 50.5 Å². The monoisotopic (exact) mass is 358 g/mol. The van der Waals surface area contributed by atoms with E-state index in [1.807, 2.05) is 0 Å². The SMILES string of the molecule is CNc1ccc([N+](=O)[O-])c(Nc2cc(Br)c(F)cc2F)n1. The van der Waals surface area contributed by atoms with Crippen LogP contribution in [0.1, 0.15) is 0 Å². The van der Waals surface area contributed by atoms with Crippen LogP contribution in [-0.4, -0.2) is 17.0 Å². The highest BCUT2D eigenvalue weighted by Gasteiger charge is 2.18. The quantitative estimate of drug-likeness (QED) is 0.493. The molecule has 2 N–H and O–H groups in total. The summed E-state index contributed by atoms with van der Waals surface area (Å²) in [6.45, 7) is 0. The zero-order valence-corrected chi connectivity index (χ0v) is 12.2. The van der Waals surface area contributed by atoms with Crippen LogP contribution in [0.4, 0.5) is 31.8 Å². The summed E-state index contributed by atoms with van der Waals surface area (Å²) in [5.74, 6) is -1.44. The van der Waals surface area contributed by atoms with Crippen LogP contribution < -0.4 is 10.6 Å². The number of aromatic nitrogens is 1. The first-order chi connectivity index (χ1) is 9.92. The molecule has 0 aliphatic heterocycles. The van der Waals surface area contributed by atoms with Gasteiger partial charge in [0.05, 0.1) is 15.1 Å². The second kappa shape index (κ2) is 6.00. The van der Waals surface area contributed by atoms with Gasteiger partial charge in [-0.2, -0.15) is 0 Å². The standard InChI is InChI=1S/C12H9BrF2N4O2/c1-16-11-3-2-10(19(20)21)12(18-11)17-9-4-6(13)7(14)5-8(9)15/h2-5H,1H3,(H2,16,17,18). The van der Waals surface area contributed by atoms with Gasteiger partial charge in [0, 0.05) is 19.2 Å². The number of rotatable bonds is 4. The van der Waals surface area contributed by atoms with E-state index in [4.69, 9.17) is 0 Å². The van der Waals surface area contributed by atoms with Crippen molar-refractivity contribution >= 4 is 38.9 Å². The molecule has 0 unspecified atom stereocenters. The Kier molecular flexibility index (Phi) is 4.32. The van der Waals surface area contributed by atoms with Gasteiger partial charge in [-0.05, 0) is 28.1 Å². The van der Waals surface area contributed by atoms with Crippen LogP contribution in [0.15, 0.2) is 28.7 Å². The minimum atomic E-state index is -0.887. The van der Waals surface area contributed by atoms with Crippen molar-refractivity contribution in [3.63, 3.8) is 0 Å². The molecule has 0 aliphatic rings. The lowest BCUT2D eigenvalue weighted by Gasteiger charge is -2.09. The number of nitro groups is 1. The lowest BCUT2D eigenvalue weighted by Crippen LogP contribution is -2.03. The number of nitrogens with one attached hydrogen (secondary N) is 2. The molecule has 0 radical (unpaired) electrons. The third kappa shape index (κ3) is 3.24. The molecule has 1 aromatic heterocycles. The van der Waals surface area contributed by atoms with Crippen LogP contribution in [0.3, 0.4) is 0 Å². The van der Waals surface area contributed by atoms with Crippen molar-refractivity contribution in [1.29, 1.82) is 0 Å². The highest BCUT2D eigenvalue weighted by atomic mass is 79.9. The van der Waals surface area contributed by atoms with E-state index in [0.717, 1.165) is 6.07 Å². The van der Waals surface area contributed by atoms with Gasteiger partial charge in [-0.3, -0.25) is 10.1 Å². The third-order valence-electron chi connectivity index (χ3n) is 2.59. The van der Waals surface area contributed by atoms with E-state index in [1.165, 1.54) is 12.1 Å². The molecule has 2 rings (SSSR count). The number of hydrogen-bond donors (Lipinski definition) is 2. The molecule has 0 saturated heterocycles. The number of pyridine rings is 1. The van der Waals surface area contributed by atoms with Gasteiger partial charge in [0.25, 0.3) is 0 Å². The van der Waals surface area contributed by atoms with Crippen LogP contribution in [0.2, 0.25) is 0 Å². The molecule has 0 atom stereocenters. The van der Waals surface area contributed by atoms with Crippen LogP contribution in [0, 0.1) is 21.7 Å². The van der Waals surface area contributed by atoms with E-state index >= 15 is 0 Å². The summed E-state index contributed by atoms with van der Waals surface area (Å²) in [6.07, 6.45) is 0. The minimum absolute atomic E-state index is 0.0267. The van der Waals surface area contributed by atoms with Crippen LogP contribution in [0.5, 0.6) is 0 Å². The second-order valence-corrected chi connectivity index (χ2v) is 4.80. The van der Waals surface area contributed by atoms with E-state index in [9.17, 15) is 18.9 Å². The highest BCUT2D eigenvalue weighted by molar-refractivity contribution is 9.10. The molecular formula is C12H9BrF2N4O2.